The summed E-state index contributed by atoms with van der Waals surface area (Å²) in [6.45, 7) is 0.907. The van der Waals surface area contributed by atoms with E-state index in [9.17, 15) is 0 Å². The molecule has 0 saturated heterocycles. The lowest BCUT2D eigenvalue weighted by molar-refractivity contribution is 0.415. The molecule has 1 heterocycles. The van der Waals surface area contributed by atoms with Gasteiger partial charge in [0.2, 0.25) is 0 Å². The lowest BCUT2D eigenvalue weighted by atomic mass is 10.2. The van der Waals surface area contributed by atoms with Crippen molar-refractivity contribution in [1.29, 1.82) is 0 Å². The molecule has 0 saturated carbocycles. The molecule has 0 unspecified atom stereocenters. The number of benzene rings is 1. The predicted molar refractivity (Wildman–Crippen MR) is 77.1 cm³/mol. The third kappa shape index (κ3) is 3.01. The number of nitrogens with zero attached hydrogens (tertiary/aromatic N) is 1. The first-order chi connectivity index (χ1) is 8.20. The average Bonchev–Trinajstić information content (AvgIpc) is 2.75. The highest BCUT2D eigenvalue weighted by Gasteiger charge is 2.06. The van der Waals surface area contributed by atoms with Gasteiger partial charge < -0.3 is 9.64 Å². The minimum atomic E-state index is 0.888. The molecule has 0 bridgehead atoms. The number of hydrogen-bond donors (Lipinski definition) is 0. The minimum Gasteiger partial charge on any atom is -0.497 e. The molecule has 0 amide bonds. The van der Waals surface area contributed by atoms with Crippen molar-refractivity contribution in [3.8, 4) is 5.75 Å². The van der Waals surface area contributed by atoms with E-state index in [1.807, 2.05) is 12.1 Å². The zero-order chi connectivity index (χ0) is 12.3. The summed E-state index contributed by atoms with van der Waals surface area (Å²) in [4.78, 5) is 3.55. The molecule has 0 aliphatic carbocycles. The van der Waals surface area contributed by atoms with Gasteiger partial charge in [-0.05, 0) is 51.6 Å². The summed E-state index contributed by atoms with van der Waals surface area (Å²) < 4.78 is 6.33. The number of anilines is 1. The van der Waals surface area contributed by atoms with Crippen LogP contribution in [-0.4, -0.2) is 14.2 Å². The van der Waals surface area contributed by atoms with E-state index in [-0.39, 0.29) is 0 Å². The Morgan fingerprint density at radius 3 is 2.47 bits per heavy atom. The highest BCUT2D eigenvalue weighted by Crippen LogP contribution is 2.26. The maximum absolute atomic E-state index is 5.15. The summed E-state index contributed by atoms with van der Waals surface area (Å²) in [5.41, 5.74) is 1.19. The Bertz CT molecular complexity index is 480. The van der Waals surface area contributed by atoms with Gasteiger partial charge in [-0.15, -0.1) is 11.3 Å². The van der Waals surface area contributed by atoms with Crippen LogP contribution in [0.4, 0.5) is 5.69 Å². The van der Waals surface area contributed by atoms with Gasteiger partial charge in [0.05, 0.1) is 13.7 Å². The van der Waals surface area contributed by atoms with Gasteiger partial charge in [0.15, 0.2) is 0 Å². The van der Waals surface area contributed by atoms with Gasteiger partial charge in [0.25, 0.3) is 0 Å². The standard InChI is InChI=1S/C13H14BrNOS/c1-15(9-13-12(14)7-8-17-13)10-3-5-11(16-2)6-4-10/h3-8H,9H2,1-2H3. The fourth-order valence-electron chi connectivity index (χ4n) is 1.58. The highest BCUT2D eigenvalue weighted by atomic mass is 79.9. The number of methoxy groups -OCH3 is 1. The largest absolute Gasteiger partial charge is 0.497 e. The molecule has 0 aliphatic heterocycles. The average molecular weight is 312 g/mol. The van der Waals surface area contributed by atoms with Crippen molar-refractivity contribution in [2.75, 3.05) is 19.1 Å². The first-order valence-corrected chi connectivity index (χ1v) is 6.95. The van der Waals surface area contributed by atoms with E-state index in [1.54, 1.807) is 18.4 Å². The molecule has 17 heavy (non-hydrogen) atoms. The van der Waals surface area contributed by atoms with E-state index in [1.165, 1.54) is 15.0 Å². The van der Waals surface area contributed by atoms with Crippen LogP contribution in [0.1, 0.15) is 4.88 Å². The number of thiophene rings is 1. The van der Waals surface area contributed by atoms with E-state index >= 15 is 0 Å². The summed E-state index contributed by atoms with van der Waals surface area (Å²) >= 11 is 5.32. The Labute approximate surface area is 114 Å². The quantitative estimate of drug-likeness (QED) is 0.841. The second-order valence-corrected chi connectivity index (χ2v) is 5.60. The molecule has 4 heteroatoms. The predicted octanol–water partition coefficient (Wildman–Crippen LogP) is 4.16. The van der Waals surface area contributed by atoms with E-state index in [4.69, 9.17) is 4.74 Å². The van der Waals surface area contributed by atoms with Crippen LogP contribution in [0.5, 0.6) is 5.75 Å². The Morgan fingerprint density at radius 2 is 1.94 bits per heavy atom. The highest BCUT2D eigenvalue weighted by molar-refractivity contribution is 9.10. The third-order valence-electron chi connectivity index (χ3n) is 2.59. The van der Waals surface area contributed by atoms with Gasteiger partial charge in [0.1, 0.15) is 5.75 Å². The van der Waals surface area contributed by atoms with Gasteiger partial charge in [-0.3, -0.25) is 0 Å². The molecule has 2 aromatic rings. The second-order valence-electron chi connectivity index (χ2n) is 3.75. The lowest BCUT2D eigenvalue weighted by Crippen LogP contribution is -2.15. The Balaban J connectivity index is 2.09. The molecule has 90 valence electrons. The van der Waals surface area contributed by atoms with E-state index in [2.05, 4.69) is 51.5 Å². The molecule has 0 radical (unpaired) electrons. The summed E-state index contributed by atoms with van der Waals surface area (Å²) in [7, 11) is 3.77. The van der Waals surface area contributed by atoms with Crippen molar-refractivity contribution in [2.24, 2.45) is 0 Å². The number of rotatable bonds is 4. The van der Waals surface area contributed by atoms with Crippen molar-refractivity contribution in [1.82, 2.24) is 0 Å². The molecule has 0 N–H and O–H groups in total. The van der Waals surface area contributed by atoms with Crippen LogP contribution in [0, 0.1) is 0 Å². The van der Waals surface area contributed by atoms with Gasteiger partial charge in [-0.2, -0.15) is 0 Å². The number of ether oxygens (including phenoxy) is 1. The first kappa shape index (κ1) is 12.5. The summed E-state index contributed by atoms with van der Waals surface area (Å²) in [5.74, 6) is 0.888. The van der Waals surface area contributed by atoms with Crippen LogP contribution in [0.15, 0.2) is 40.2 Å². The first-order valence-electron chi connectivity index (χ1n) is 5.28. The molecule has 0 fully saturated rings. The van der Waals surface area contributed by atoms with Crippen molar-refractivity contribution < 1.29 is 4.74 Å². The van der Waals surface area contributed by atoms with Crippen LogP contribution in [-0.2, 0) is 6.54 Å². The summed E-state index contributed by atoms with van der Waals surface area (Å²) in [6, 6.07) is 10.2. The fourth-order valence-corrected chi connectivity index (χ4v) is 3.11. The summed E-state index contributed by atoms with van der Waals surface area (Å²) in [5, 5.41) is 2.10. The smallest absolute Gasteiger partial charge is 0.119 e. The second kappa shape index (κ2) is 5.56. The Morgan fingerprint density at radius 1 is 1.24 bits per heavy atom. The van der Waals surface area contributed by atoms with Gasteiger partial charge >= 0.3 is 0 Å². The van der Waals surface area contributed by atoms with Crippen molar-refractivity contribution in [3.63, 3.8) is 0 Å². The van der Waals surface area contributed by atoms with Crippen LogP contribution < -0.4 is 9.64 Å². The molecule has 0 aliphatic rings. The monoisotopic (exact) mass is 311 g/mol. The summed E-state index contributed by atoms with van der Waals surface area (Å²) in [6.07, 6.45) is 0. The molecule has 1 aromatic carbocycles. The number of halogens is 1. The molecule has 2 nitrogen and oxygen atoms in total. The SMILES string of the molecule is COc1ccc(N(C)Cc2sccc2Br)cc1. The van der Waals surface area contributed by atoms with E-state index in [0.717, 1.165) is 12.3 Å². The van der Waals surface area contributed by atoms with Crippen molar-refractivity contribution >= 4 is 33.0 Å². The van der Waals surface area contributed by atoms with Crippen LogP contribution in [0.2, 0.25) is 0 Å². The zero-order valence-electron chi connectivity index (χ0n) is 9.81. The Kier molecular flexibility index (Phi) is 4.07. The molecule has 0 atom stereocenters. The Hall–Kier alpha value is -1.00. The maximum Gasteiger partial charge on any atom is 0.119 e. The molecule has 2 rings (SSSR count). The van der Waals surface area contributed by atoms with Crippen LogP contribution >= 0.6 is 27.3 Å². The topological polar surface area (TPSA) is 12.5 Å². The van der Waals surface area contributed by atoms with Crippen LogP contribution in [0.25, 0.3) is 0 Å². The van der Waals surface area contributed by atoms with Crippen molar-refractivity contribution in [2.45, 2.75) is 6.54 Å². The zero-order valence-corrected chi connectivity index (χ0v) is 12.2. The normalized spacial score (nSPS) is 10.3. The molecule has 0 spiro atoms. The molecule has 1 aromatic heterocycles. The number of hydrogen-bond acceptors (Lipinski definition) is 3. The van der Waals surface area contributed by atoms with E-state index in [0.29, 0.717) is 0 Å². The third-order valence-corrected chi connectivity index (χ3v) is 4.50. The maximum atomic E-state index is 5.15. The molecular weight excluding hydrogens is 298 g/mol. The van der Waals surface area contributed by atoms with Gasteiger partial charge in [-0.25, -0.2) is 0 Å². The van der Waals surface area contributed by atoms with Gasteiger partial charge in [0, 0.05) is 22.1 Å². The van der Waals surface area contributed by atoms with E-state index < -0.39 is 0 Å². The lowest BCUT2D eigenvalue weighted by Gasteiger charge is -2.19. The van der Waals surface area contributed by atoms with Gasteiger partial charge in [-0.1, -0.05) is 0 Å². The minimum absolute atomic E-state index is 0.888. The fraction of sp³-hybridized carbons (Fsp3) is 0.231. The van der Waals surface area contributed by atoms with Crippen molar-refractivity contribution in [3.05, 3.63) is 45.1 Å². The molecular formula is C13H14BrNOS. The van der Waals surface area contributed by atoms with Crippen LogP contribution in [0.3, 0.4) is 0 Å².